The van der Waals surface area contributed by atoms with Crippen LogP contribution in [0.1, 0.15) is 60.8 Å². The molecule has 1 atom stereocenters. The number of aliphatic carboxylic acids is 1. The van der Waals surface area contributed by atoms with Gasteiger partial charge in [-0.3, -0.25) is 4.79 Å². The van der Waals surface area contributed by atoms with Gasteiger partial charge in [-0.2, -0.15) is 0 Å². The average Bonchev–Trinajstić information content (AvgIpc) is 2.19. The maximum absolute atomic E-state index is 11.8. The van der Waals surface area contributed by atoms with Crippen LogP contribution in [0.3, 0.4) is 0 Å². The predicted molar refractivity (Wildman–Crippen MR) is 80.7 cm³/mol. The Hall–Kier alpha value is -1.26. The first-order valence-electron chi connectivity index (χ1n) is 7.19. The molecule has 5 nitrogen and oxygen atoms in total. The second-order valence-corrected chi connectivity index (χ2v) is 7.49. The molecule has 0 aromatic heterocycles. The molecule has 0 saturated carbocycles. The highest BCUT2D eigenvalue weighted by molar-refractivity contribution is 5.74. The minimum absolute atomic E-state index is 0.139. The second-order valence-electron chi connectivity index (χ2n) is 7.49. The minimum atomic E-state index is -0.799. The van der Waals surface area contributed by atoms with Gasteiger partial charge in [0.25, 0.3) is 0 Å². The zero-order valence-electron chi connectivity index (χ0n) is 13.7. The van der Waals surface area contributed by atoms with Crippen molar-refractivity contribution < 1.29 is 14.7 Å². The van der Waals surface area contributed by atoms with E-state index >= 15 is 0 Å². The highest BCUT2D eigenvalue weighted by atomic mass is 16.4. The van der Waals surface area contributed by atoms with Crippen molar-refractivity contribution in [2.24, 2.45) is 11.3 Å². The van der Waals surface area contributed by atoms with Gasteiger partial charge in [-0.25, -0.2) is 4.79 Å². The molecular formula is C15H30N2O3. The Bertz CT molecular complexity index is 333. The summed E-state index contributed by atoms with van der Waals surface area (Å²) in [5.41, 5.74) is -0.127. The molecule has 1 unspecified atom stereocenters. The Balaban J connectivity index is 4.07. The lowest BCUT2D eigenvalue weighted by Gasteiger charge is -2.33. The van der Waals surface area contributed by atoms with Gasteiger partial charge in [0.05, 0.1) is 0 Å². The van der Waals surface area contributed by atoms with Crippen LogP contribution < -0.4 is 10.6 Å². The first-order valence-corrected chi connectivity index (χ1v) is 7.19. The predicted octanol–water partition coefficient (Wildman–Crippen LogP) is 3.00. The summed E-state index contributed by atoms with van der Waals surface area (Å²) in [5.74, 6) is -0.643. The van der Waals surface area contributed by atoms with E-state index in [0.717, 1.165) is 6.42 Å². The summed E-state index contributed by atoms with van der Waals surface area (Å²) in [6, 6.07) is -0.193. The zero-order valence-corrected chi connectivity index (χ0v) is 13.7. The topological polar surface area (TPSA) is 78.4 Å². The van der Waals surface area contributed by atoms with Crippen LogP contribution in [0.2, 0.25) is 0 Å². The van der Waals surface area contributed by atoms with Gasteiger partial charge in [0.1, 0.15) is 0 Å². The SMILES string of the molecule is CC(CCC(=O)O)CNC(=O)NC(C)(C)CC(C)(C)C. The van der Waals surface area contributed by atoms with Gasteiger partial charge >= 0.3 is 12.0 Å². The molecule has 3 N–H and O–H groups in total. The Kier molecular flexibility index (Phi) is 7.03. The number of carbonyl (C=O) groups is 2. The smallest absolute Gasteiger partial charge is 0.315 e. The third-order valence-corrected chi connectivity index (χ3v) is 2.89. The summed E-state index contributed by atoms with van der Waals surface area (Å²) in [4.78, 5) is 22.3. The van der Waals surface area contributed by atoms with Crippen LogP contribution in [-0.4, -0.2) is 29.2 Å². The number of nitrogens with one attached hydrogen (secondary N) is 2. The lowest BCUT2D eigenvalue weighted by Crippen LogP contribution is -2.50. The van der Waals surface area contributed by atoms with Gasteiger partial charge < -0.3 is 15.7 Å². The molecule has 118 valence electrons. The molecule has 0 heterocycles. The van der Waals surface area contributed by atoms with E-state index in [1.54, 1.807) is 0 Å². The Morgan fingerprint density at radius 3 is 2.15 bits per heavy atom. The molecule has 20 heavy (non-hydrogen) atoms. The van der Waals surface area contributed by atoms with Crippen molar-refractivity contribution >= 4 is 12.0 Å². The molecule has 5 heteroatoms. The third kappa shape index (κ3) is 10.6. The average molecular weight is 286 g/mol. The number of hydrogen-bond acceptors (Lipinski definition) is 2. The molecule has 0 spiro atoms. The molecule has 2 amide bonds. The Labute approximate surface area is 122 Å². The quantitative estimate of drug-likeness (QED) is 0.673. The van der Waals surface area contributed by atoms with Crippen LogP contribution in [0.25, 0.3) is 0 Å². The van der Waals surface area contributed by atoms with Gasteiger partial charge in [-0.1, -0.05) is 27.7 Å². The van der Waals surface area contributed by atoms with Gasteiger partial charge in [-0.15, -0.1) is 0 Å². The molecule has 0 fully saturated rings. The maximum Gasteiger partial charge on any atom is 0.315 e. The molecule has 0 aliphatic heterocycles. The number of hydrogen-bond donors (Lipinski definition) is 3. The van der Waals surface area contributed by atoms with Crippen molar-refractivity contribution in [3.05, 3.63) is 0 Å². The van der Waals surface area contributed by atoms with Crippen LogP contribution >= 0.6 is 0 Å². The van der Waals surface area contributed by atoms with Crippen molar-refractivity contribution in [1.29, 1.82) is 0 Å². The number of carboxylic acid groups (broad SMARTS) is 1. The lowest BCUT2D eigenvalue weighted by molar-refractivity contribution is -0.137. The first-order chi connectivity index (χ1) is 8.91. The van der Waals surface area contributed by atoms with E-state index in [2.05, 4.69) is 31.4 Å². The van der Waals surface area contributed by atoms with Crippen LogP contribution in [0, 0.1) is 11.3 Å². The molecule has 0 rings (SSSR count). The van der Waals surface area contributed by atoms with Crippen LogP contribution in [0.5, 0.6) is 0 Å². The molecule has 0 aromatic rings. The highest BCUT2D eigenvalue weighted by Gasteiger charge is 2.26. The molecular weight excluding hydrogens is 256 g/mol. The largest absolute Gasteiger partial charge is 0.481 e. The summed E-state index contributed by atoms with van der Waals surface area (Å²) in [6.45, 7) is 12.9. The van der Waals surface area contributed by atoms with E-state index < -0.39 is 5.97 Å². The molecule has 0 radical (unpaired) electrons. The number of carboxylic acids is 1. The standard InChI is InChI=1S/C15H30N2O3/c1-11(7-8-12(18)19)9-16-13(20)17-15(5,6)10-14(2,3)4/h11H,7-10H2,1-6H3,(H,18,19)(H2,16,17,20). The fraction of sp³-hybridized carbons (Fsp3) is 0.867. The molecule has 0 saturated heterocycles. The molecule has 0 bridgehead atoms. The minimum Gasteiger partial charge on any atom is -0.481 e. The van der Waals surface area contributed by atoms with E-state index in [0.29, 0.717) is 13.0 Å². The van der Waals surface area contributed by atoms with Crippen LogP contribution in [0.15, 0.2) is 0 Å². The summed E-state index contributed by atoms with van der Waals surface area (Å²) < 4.78 is 0. The van der Waals surface area contributed by atoms with E-state index in [1.807, 2.05) is 20.8 Å². The summed E-state index contributed by atoms with van der Waals surface area (Å²) in [6.07, 6.45) is 1.59. The van der Waals surface area contributed by atoms with E-state index in [9.17, 15) is 9.59 Å². The van der Waals surface area contributed by atoms with E-state index in [-0.39, 0.29) is 29.3 Å². The monoisotopic (exact) mass is 286 g/mol. The third-order valence-electron chi connectivity index (χ3n) is 2.89. The number of urea groups is 1. The van der Waals surface area contributed by atoms with Crippen molar-refractivity contribution in [3.8, 4) is 0 Å². The zero-order chi connectivity index (χ0) is 16.0. The summed E-state index contributed by atoms with van der Waals surface area (Å²) >= 11 is 0. The van der Waals surface area contributed by atoms with Gasteiger partial charge in [0.2, 0.25) is 0 Å². The highest BCUT2D eigenvalue weighted by Crippen LogP contribution is 2.26. The molecule has 0 aliphatic carbocycles. The van der Waals surface area contributed by atoms with Crippen molar-refractivity contribution in [2.45, 2.75) is 66.3 Å². The van der Waals surface area contributed by atoms with E-state index in [1.165, 1.54) is 0 Å². The Morgan fingerprint density at radius 2 is 1.70 bits per heavy atom. The van der Waals surface area contributed by atoms with Crippen LogP contribution in [-0.2, 0) is 4.79 Å². The molecule has 0 aromatic carbocycles. The fourth-order valence-electron chi connectivity index (χ4n) is 2.46. The molecule has 0 aliphatic rings. The summed E-state index contributed by atoms with van der Waals surface area (Å²) in [5, 5.41) is 14.4. The fourth-order valence-corrected chi connectivity index (χ4v) is 2.46. The lowest BCUT2D eigenvalue weighted by atomic mass is 9.82. The first kappa shape index (κ1) is 18.7. The maximum atomic E-state index is 11.8. The van der Waals surface area contributed by atoms with Crippen LogP contribution in [0.4, 0.5) is 4.79 Å². The van der Waals surface area contributed by atoms with Gasteiger partial charge in [0.15, 0.2) is 0 Å². The Morgan fingerprint density at radius 1 is 1.15 bits per heavy atom. The number of carbonyl (C=O) groups excluding carboxylic acids is 1. The summed E-state index contributed by atoms with van der Waals surface area (Å²) in [7, 11) is 0. The normalized spacial score (nSPS) is 13.7. The second kappa shape index (κ2) is 7.50. The van der Waals surface area contributed by atoms with E-state index in [4.69, 9.17) is 5.11 Å². The van der Waals surface area contributed by atoms with Crippen molar-refractivity contribution in [2.75, 3.05) is 6.54 Å². The number of rotatable bonds is 7. The van der Waals surface area contributed by atoms with Crippen molar-refractivity contribution in [3.63, 3.8) is 0 Å². The van der Waals surface area contributed by atoms with Crippen molar-refractivity contribution in [1.82, 2.24) is 10.6 Å². The number of amides is 2. The van der Waals surface area contributed by atoms with Gasteiger partial charge in [0, 0.05) is 18.5 Å². The van der Waals surface area contributed by atoms with Gasteiger partial charge in [-0.05, 0) is 38.0 Å².